The molecule has 0 saturated heterocycles. The van der Waals surface area contributed by atoms with Crippen molar-refractivity contribution in [3.63, 3.8) is 0 Å². The van der Waals surface area contributed by atoms with Gasteiger partial charge in [0.2, 0.25) is 5.91 Å². The summed E-state index contributed by atoms with van der Waals surface area (Å²) in [6.45, 7) is 5.32. The first-order valence-electron chi connectivity index (χ1n) is 5.11. The van der Waals surface area contributed by atoms with Crippen molar-refractivity contribution < 1.29 is 4.79 Å². The molecule has 1 saturated carbocycles. The summed E-state index contributed by atoms with van der Waals surface area (Å²) in [5.74, 6) is 0.0508. The van der Waals surface area contributed by atoms with E-state index in [0.29, 0.717) is 12.0 Å². The minimum atomic E-state index is -0.0485. The van der Waals surface area contributed by atoms with Crippen LogP contribution in [0.4, 0.5) is 0 Å². The van der Waals surface area contributed by atoms with E-state index in [0.717, 1.165) is 6.54 Å². The molecule has 3 N–H and O–H groups in total. The predicted molar refractivity (Wildman–Crippen MR) is 53.2 cm³/mol. The molecule has 1 unspecified atom stereocenters. The molecule has 1 aliphatic rings. The van der Waals surface area contributed by atoms with Gasteiger partial charge in [0.15, 0.2) is 0 Å². The average molecular weight is 184 g/mol. The number of amides is 1. The highest BCUT2D eigenvalue weighted by atomic mass is 16.1. The Morgan fingerprint density at radius 3 is 2.62 bits per heavy atom. The van der Waals surface area contributed by atoms with Crippen LogP contribution in [-0.4, -0.2) is 19.0 Å². The lowest BCUT2D eigenvalue weighted by Crippen LogP contribution is -2.36. The highest BCUT2D eigenvalue weighted by Gasteiger charge is 2.40. The minimum absolute atomic E-state index is 0.0485. The summed E-state index contributed by atoms with van der Waals surface area (Å²) in [4.78, 5) is 11.4. The van der Waals surface area contributed by atoms with Gasteiger partial charge in [-0.3, -0.25) is 4.79 Å². The Labute approximate surface area is 80.1 Å². The molecule has 1 rings (SSSR count). The van der Waals surface area contributed by atoms with Crippen LogP contribution < -0.4 is 11.1 Å². The molecule has 76 valence electrons. The van der Waals surface area contributed by atoms with Gasteiger partial charge >= 0.3 is 0 Å². The van der Waals surface area contributed by atoms with E-state index in [1.807, 2.05) is 6.92 Å². The van der Waals surface area contributed by atoms with Crippen LogP contribution in [0.2, 0.25) is 0 Å². The van der Waals surface area contributed by atoms with Gasteiger partial charge in [-0.25, -0.2) is 0 Å². The maximum absolute atomic E-state index is 11.4. The molecule has 1 atom stereocenters. The Kier molecular flexibility index (Phi) is 3.31. The molecule has 0 aromatic carbocycles. The lowest BCUT2D eigenvalue weighted by atomic mass is 10.0. The van der Waals surface area contributed by atoms with Crippen molar-refractivity contribution in [2.24, 2.45) is 17.1 Å². The summed E-state index contributed by atoms with van der Waals surface area (Å²) in [6.07, 6.45) is 3.70. The van der Waals surface area contributed by atoms with E-state index in [4.69, 9.17) is 5.73 Å². The third-order valence-electron chi connectivity index (χ3n) is 3.15. The topological polar surface area (TPSA) is 55.1 Å². The highest BCUT2D eigenvalue weighted by Crippen LogP contribution is 2.47. The van der Waals surface area contributed by atoms with Crippen LogP contribution in [0.3, 0.4) is 0 Å². The molecule has 3 heteroatoms. The largest absolute Gasteiger partial charge is 0.355 e. The Morgan fingerprint density at radius 2 is 2.23 bits per heavy atom. The van der Waals surface area contributed by atoms with Crippen LogP contribution in [0.1, 0.15) is 33.1 Å². The number of carbonyl (C=O) groups excluding carboxylic acids is 1. The second-order valence-corrected chi connectivity index (χ2v) is 4.21. The van der Waals surface area contributed by atoms with Crippen molar-refractivity contribution in [2.45, 2.75) is 33.1 Å². The van der Waals surface area contributed by atoms with E-state index in [-0.39, 0.29) is 11.8 Å². The Bertz CT molecular complexity index is 187. The molecule has 1 fully saturated rings. The fourth-order valence-corrected chi connectivity index (χ4v) is 1.39. The molecular weight excluding hydrogens is 164 g/mol. The van der Waals surface area contributed by atoms with Gasteiger partial charge in [0, 0.05) is 19.0 Å². The van der Waals surface area contributed by atoms with Crippen molar-refractivity contribution in [1.82, 2.24) is 5.32 Å². The van der Waals surface area contributed by atoms with Crippen LogP contribution in [-0.2, 0) is 4.79 Å². The van der Waals surface area contributed by atoms with E-state index in [9.17, 15) is 4.79 Å². The molecule has 0 spiro atoms. The zero-order valence-electron chi connectivity index (χ0n) is 8.60. The van der Waals surface area contributed by atoms with Gasteiger partial charge in [-0.15, -0.1) is 0 Å². The number of hydrogen-bond donors (Lipinski definition) is 2. The van der Waals surface area contributed by atoms with Crippen molar-refractivity contribution in [3.8, 4) is 0 Å². The monoisotopic (exact) mass is 184 g/mol. The molecule has 3 nitrogen and oxygen atoms in total. The summed E-state index contributed by atoms with van der Waals surface area (Å²) >= 11 is 0. The lowest BCUT2D eigenvalue weighted by molar-refractivity contribution is -0.124. The average Bonchev–Trinajstić information content (AvgIpc) is 2.93. The molecule has 0 heterocycles. The van der Waals surface area contributed by atoms with Gasteiger partial charge in [-0.2, -0.15) is 0 Å². The van der Waals surface area contributed by atoms with Crippen LogP contribution >= 0.6 is 0 Å². The molecular formula is C10H20N2O. The van der Waals surface area contributed by atoms with E-state index < -0.39 is 0 Å². The Morgan fingerprint density at radius 1 is 1.62 bits per heavy atom. The third-order valence-corrected chi connectivity index (χ3v) is 3.15. The summed E-state index contributed by atoms with van der Waals surface area (Å²) in [7, 11) is 0. The van der Waals surface area contributed by atoms with Gasteiger partial charge < -0.3 is 11.1 Å². The maximum atomic E-state index is 11.4. The van der Waals surface area contributed by atoms with E-state index in [2.05, 4.69) is 12.2 Å². The summed E-state index contributed by atoms with van der Waals surface area (Å²) in [6, 6.07) is 0. The van der Waals surface area contributed by atoms with Crippen molar-refractivity contribution in [2.75, 3.05) is 13.1 Å². The van der Waals surface area contributed by atoms with Gasteiger partial charge in [-0.1, -0.05) is 13.8 Å². The van der Waals surface area contributed by atoms with E-state index in [1.165, 1.54) is 19.3 Å². The van der Waals surface area contributed by atoms with Crippen molar-refractivity contribution in [3.05, 3.63) is 0 Å². The van der Waals surface area contributed by atoms with Crippen LogP contribution in [0.5, 0.6) is 0 Å². The Hall–Kier alpha value is -0.570. The summed E-state index contributed by atoms with van der Waals surface area (Å²) in [5, 5.41) is 2.97. The van der Waals surface area contributed by atoms with Gasteiger partial charge in [0.05, 0.1) is 0 Å². The number of rotatable bonds is 5. The van der Waals surface area contributed by atoms with Crippen LogP contribution in [0, 0.1) is 11.3 Å². The van der Waals surface area contributed by atoms with Crippen molar-refractivity contribution in [1.29, 1.82) is 0 Å². The quantitative estimate of drug-likeness (QED) is 0.666. The first-order chi connectivity index (χ1) is 6.13. The van der Waals surface area contributed by atoms with Crippen LogP contribution in [0.25, 0.3) is 0 Å². The molecule has 1 aliphatic carbocycles. The van der Waals surface area contributed by atoms with Gasteiger partial charge in [-0.05, 0) is 24.7 Å². The smallest absolute Gasteiger partial charge is 0.224 e. The van der Waals surface area contributed by atoms with Crippen LogP contribution in [0.15, 0.2) is 0 Å². The first-order valence-corrected chi connectivity index (χ1v) is 5.11. The Balaban J connectivity index is 2.22. The number of nitrogens with one attached hydrogen (secondary N) is 1. The second kappa shape index (κ2) is 4.09. The maximum Gasteiger partial charge on any atom is 0.224 e. The number of hydrogen-bond acceptors (Lipinski definition) is 2. The van der Waals surface area contributed by atoms with Crippen molar-refractivity contribution >= 4 is 5.91 Å². The lowest BCUT2D eigenvalue weighted by Gasteiger charge is -2.15. The summed E-state index contributed by atoms with van der Waals surface area (Å²) < 4.78 is 0. The standard InChI is InChI=1S/C10H20N2O/c1-3-10(4-5-10)7-12-9(13)8(2)6-11/h8H,3-7,11H2,1-2H3,(H,12,13). The molecule has 0 radical (unpaired) electrons. The molecule has 0 bridgehead atoms. The zero-order valence-corrected chi connectivity index (χ0v) is 8.60. The molecule has 0 aromatic heterocycles. The predicted octanol–water partition coefficient (Wildman–Crippen LogP) is 0.888. The van der Waals surface area contributed by atoms with E-state index >= 15 is 0 Å². The molecule has 0 aromatic rings. The zero-order chi connectivity index (χ0) is 9.90. The SMILES string of the molecule is CCC1(CNC(=O)C(C)CN)CC1. The second-order valence-electron chi connectivity index (χ2n) is 4.21. The first kappa shape index (κ1) is 10.5. The van der Waals surface area contributed by atoms with E-state index in [1.54, 1.807) is 0 Å². The number of nitrogens with two attached hydrogens (primary N) is 1. The van der Waals surface area contributed by atoms with Gasteiger partial charge in [0.1, 0.15) is 0 Å². The molecule has 1 amide bonds. The fraction of sp³-hybridized carbons (Fsp3) is 0.900. The number of carbonyl (C=O) groups is 1. The van der Waals surface area contributed by atoms with Gasteiger partial charge in [0.25, 0.3) is 0 Å². The molecule has 13 heavy (non-hydrogen) atoms. The normalized spacial score (nSPS) is 20.8. The highest BCUT2D eigenvalue weighted by molar-refractivity contribution is 5.78. The summed E-state index contributed by atoms with van der Waals surface area (Å²) in [5.41, 5.74) is 5.83. The molecule has 0 aliphatic heterocycles. The minimum Gasteiger partial charge on any atom is -0.355 e. The third kappa shape index (κ3) is 2.69. The fourth-order valence-electron chi connectivity index (χ4n) is 1.39.